The molecule has 1 aromatic heterocycles. The molecular weight excluding hydrogens is 256 g/mol. The van der Waals surface area contributed by atoms with Crippen LogP contribution in [0.5, 0.6) is 0 Å². The second-order valence-corrected chi connectivity index (χ2v) is 4.98. The Morgan fingerprint density at radius 2 is 2.15 bits per heavy atom. The van der Waals surface area contributed by atoms with Crippen LogP contribution in [0.3, 0.4) is 0 Å². The molecule has 20 heavy (non-hydrogen) atoms. The molecule has 6 nitrogen and oxygen atoms in total. The first kappa shape index (κ1) is 14.7. The van der Waals surface area contributed by atoms with Crippen molar-refractivity contribution in [2.75, 3.05) is 44.7 Å². The number of pyridine rings is 1. The molecule has 0 bridgehead atoms. The van der Waals surface area contributed by atoms with Gasteiger partial charge in [0.25, 0.3) is 0 Å². The Balaban J connectivity index is 1.76. The van der Waals surface area contributed by atoms with Crippen LogP contribution in [0.15, 0.2) is 24.4 Å². The Morgan fingerprint density at radius 3 is 2.70 bits per heavy atom. The smallest absolute Gasteiger partial charge is 0.320 e. The van der Waals surface area contributed by atoms with Crippen LogP contribution in [-0.2, 0) is 4.79 Å². The lowest BCUT2D eigenvalue weighted by atomic mass is 10.2. The number of carboxylic acids is 1. The molecule has 1 aromatic rings. The molecule has 0 aromatic carbocycles. The van der Waals surface area contributed by atoms with Gasteiger partial charge in [0.05, 0.1) is 0 Å². The molecule has 0 radical (unpaired) electrons. The van der Waals surface area contributed by atoms with E-state index in [4.69, 9.17) is 5.11 Å². The minimum Gasteiger partial charge on any atom is -0.480 e. The Hall–Kier alpha value is -1.66. The second-order valence-electron chi connectivity index (χ2n) is 4.98. The van der Waals surface area contributed by atoms with Crippen LogP contribution in [0.25, 0.3) is 0 Å². The average Bonchev–Trinajstić information content (AvgIpc) is 2.49. The molecule has 0 spiro atoms. The monoisotopic (exact) mass is 278 g/mol. The summed E-state index contributed by atoms with van der Waals surface area (Å²) in [5.41, 5.74) is 0. The highest BCUT2D eigenvalue weighted by atomic mass is 16.4. The maximum atomic E-state index is 10.9. The Bertz CT molecular complexity index is 418. The van der Waals surface area contributed by atoms with Gasteiger partial charge < -0.3 is 15.3 Å². The van der Waals surface area contributed by atoms with E-state index < -0.39 is 12.0 Å². The predicted octanol–water partition coefficient (Wildman–Crippen LogP) is 0.266. The van der Waals surface area contributed by atoms with E-state index in [1.165, 1.54) is 0 Å². The van der Waals surface area contributed by atoms with Gasteiger partial charge >= 0.3 is 5.97 Å². The van der Waals surface area contributed by atoms with Crippen LogP contribution in [0.1, 0.15) is 6.42 Å². The summed E-state index contributed by atoms with van der Waals surface area (Å²) in [6.45, 7) is 4.59. The van der Waals surface area contributed by atoms with Gasteiger partial charge in [-0.05, 0) is 25.6 Å². The third kappa shape index (κ3) is 3.91. The van der Waals surface area contributed by atoms with Gasteiger partial charge in [-0.15, -0.1) is 0 Å². The van der Waals surface area contributed by atoms with E-state index in [1.54, 1.807) is 7.05 Å². The molecule has 1 aliphatic heterocycles. The molecule has 1 saturated heterocycles. The molecule has 1 atom stereocenters. The lowest BCUT2D eigenvalue weighted by Gasteiger charge is -2.35. The fourth-order valence-corrected chi connectivity index (χ4v) is 2.44. The maximum absolute atomic E-state index is 10.9. The van der Waals surface area contributed by atoms with Gasteiger partial charge in [-0.2, -0.15) is 0 Å². The lowest BCUT2D eigenvalue weighted by molar-refractivity contribution is -0.139. The molecule has 2 rings (SSSR count). The molecule has 1 unspecified atom stereocenters. The highest BCUT2D eigenvalue weighted by molar-refractivity contribution is 5.73. The summed E-state index contributed by atoms with van der Waals surface area (Å²) < 4.78 is 0. The van der Waals surface area contributed by atoms with E-state index in [-0.39, 0.29) is 0 Å². The van der Waals surface area contributed by atoms with Crippen LogP contribution < -0.4 is 10.2 Å². The van der Waals surface area contributed by atoms with Crippen molar-refractivity contribution >= 4 is 11.8 Å². The van der Waals surface area contributed by atoms with Crippen molar-refractivity contribution in [3.05, 3.63) is 24.4 Å². The summed E-state index contributed by atoms with van der Waals surface area (Å²) in [5, 5.41) is 11.8. The number of anilines is 1. The summed E-state index contributed by atoms with van der Waals surface area (Å²) in [7, 11) is 1.69. The highest BCUT2D eigenvalue weighted by Gasteiger charge is 2.20. The van der Waals surface area contributed by atoms with Crippen molar-refractivity contribution < 1.29 is 9.90 Å². The number of rotatable bonds is 6. The summed E-state index contributed by atoms with van der Waals surface area (Å²) >= 11 is 0. The van der Waals surface area contributed by atoms with E-state index in [2.05, 4.69) is 20.1 Å². The summed E-state index contributed by atoms with van der Waals surface area (Å²) in [5.74, 6) is 0.241. The fourth-order valence-electron chi connectivity index (χ4n) is 2.44. The number of aromatic nitrogens is 1. The third-order valence-corrected chi connectivity index (χ3v) is 3.73. The summed E-state index contributed by atoms with van der Waals surface area (Å²) in [6, 6.07) is 5.49. The van der Waals surface area contributed by atoms with E-state index >= 15 is 0 Å². The highest BCUT2D eigenvalue weighted by Crippen LogP contribution is 2.12. The second kappa shape index (κ2) is 7.21. The SMILES string of the molecule is CNC(CCN1CCN(c2ccccn2)CC1)C(=O)O. The van der Waals surface area contributed by atoms with Gasteiger partial charge in [0.2, 0.25) is 0 Å². The minimum absolute atomic E-state index is 0.455. The van der Waals surface area contributed by atoms with Crippen molar-refractivity contribution in [1.29, 1.82) is 0 Å². The van der Waals surface area contributed by atoms with Crippen molar-refractivity contribution in [2.24, 2.45) is 0 Å². The van der Waals surface area contributed by atoms with Crippen LogP contribution in [0.4, 0.5) is 5.82 Å². The van der Waals surface area contributed by atoms with Gasteiger partial charge in [-0.25, -0.2) is 4.98 Å². The van der Waals surface area contributed by atoms with Crippen molar-refractivity contribution in [3.8, 4) is 0 Å². The van der Waals surface area contributed by atoms with E-state index in [1.807, 2.05) is 24.4 Å². The number of nitrogens with one attached hydrogen (secondary N) is 1. The van der Waals surface area contributed by atoms with Crippen LogP contribution in [0.2, 0.25) is 0 Å². The van der Waals surface area contributed by atoms with Gasteiger partial charge in [-0.3, -0.25) is 9.69 Å². The molecule has 0 aliphatic carbocycles. The Labute approximate surface area is 119 Å². The number of likely N-dealkylation sites (N-methyl/N-ethyl adjacent to an activating group) is 1. The lowest BCUT2D eigenvalue weighted by Crippen LogP contribution is -2.48. The zero-order valence-electron chi connectivity index (χ0n) is 11.8. The first-order valence-corrected chi connectivity index (χ1v) is 6.99. The van der Waals surface area contributed by atoms with Crippen LogP contribution >= 0.6 is 0 Å². The van der Waals surface area contributed by atoms with E-state index in [0.717, 1.165) is 38.5 Å². The van der Waals surface area contributed by atoms with Gasteiger partial charge in [0.15, 0.2) is 0 Å². The van der Waals surface area contributed by atoms with Crippen molar-refractivity contribution in [1.82, 2.24) is 15.2 Å². The molecule has 0 saturated carbocycles. The third-order valence-electron chi connectivity index (χ3n) is 3.73. The first-order valence-electron chi connectivity index (χ1n) is 6.99. The van der Waals surface area contributed by atoms with Gasteiger partial charge in [0.1, 0.15) is 11.9 Å². The zero-order valence-corrected chi connectivity index (χ0v) is 11.8. The number of nitrogens with zero attached hydrogens (tertiary/aromatic N) is 3. The molecule has 0 amide bonds. The molecule has 6 heteroatoms. The van der Waals surface area contributed by atoms with Gasteiger partial charge in [-0.1, -0.05) is 6.07 Å². The molecule has 1 aliphatic rings. The molecule has 2 heterocycles. The van der Waals surface area contributed by atoms with Gasteiger partial charge in [0, 0.05) is 38.9 Å². The molecule has 1 fully saturated rings. The average molecular weight is 278 g/mol. The number of carbonyl (C=O) groups is 1. The van der Waals surface area contributed by atoms with E-state index in [0.29, 0.717) is 6.42 Å². The largest absolute Gasteiger partial charge is 0.480 e. The number of hydrogen-bond acceptors (Lipinski definition) is 5. The summed E-state index contributed by atoms with van der Waals surface area (Å²) in [6.07, 6.45) is 2.45. The van der Waals surface area contributed by atoms with E-state index in [9.17, 15) is 4.79 Å². The van der Waals surface area contributed by atoms with Crippen molar-refractivity contribution in [3.63, 3.8) is 0 Å². The topological polar surface area (TPSA) is 68.7 Å². The Kier molecular flexibility index (Phi) is 5.31. The Morgan fingerprint density at radius 1 is 1.40 bits per heavy atom. The molecule has 110 valence electrons. The standard InChI is InChI=1S/C14H22N4O2/c1-15-12(14(19)20)5-7-17-8-10-18(11-9-17)13-4-2-3-6-16-13/h2-4,6,12,15H,5,7-11H2,1H3,(H,19,20). The number of hydrogen-bond donors (Lipinski definition) is 2. The van der Waals surface area contributed by atoms with Crippen LogP contribution in [0, 0.1) is 0 Å². The minimum atomic E-state index is -0.778. The van der Waals surface area contributed by atoms with Crippen LogP contribution in [-0.4, -0.2) is 66.8 Å². The van der Waals surface area contributed by atoms with Crippen molar-refractivity contribution in [2.45, 2.75) is 12.5 Å². The number of carboxylic acid groups (broad SMARTS) is 1. The predicted molar refractivity (Wildman–Crippen MR) is 78.0 cm³/mol. The number of piperazine rings is 1. The summed E-state index contributed by atoms with van der Waals surface area (Å²) in [4.78, 5) is 19.9. The normalized spacial score (nSPS) is 17.9. The number of aliphatic carboxylic acids is 1. The molecular formula is C14H22N4O2. The maximum Gasteiger partial charge on any atom is 0.320 e. The zero-order chi connectivity index (χ0) is 14.4. The molecule has 2 N–H and O–H groups in total. The quantitative estimate of drug-likeness (QED) is 0.778. The fraction of sp³-hybridized carbons (Fsp3) is 0.571. The first-order chi connectivity index (χ1) is 9.70.